The van der Waals surface area contributed by atoms with E-state index in [0.29, 0.717) is 25.9 Å². The molecule has 1 heterocycles. The van der Waals surface area contributed by atoms with Crippen LogP contribution in [0.1, 0.15) is 19.8 Å². The number of rotatable bonds is 4. The largest absolute Gasteiger partial charge is 0.358 e. The van der Waals surface area contributed by atoms with Crippen LogP contribution in [-0.4, -0.2) is 56.3 Å². The van der Waals surface area contributed by atoms with Crippen LogP contribution in [0.25, 0.3) is 0 Å². The SMILES string of the molecule is C/C=C/C(=O)N1CCC(S(=O)(=O)CC(=O)NC)CC1. The van der Waals surface area contributed by atoms with Crippen molar-refractivity contribution in [1.29, 1.82) is 0 Å². The summed E-state index contributed by atoms with van der Waals surface area (Å²) in [6, 6.07) is 0. The summed E-state index contributed by atoms with van der Waals surface area (Å²) >= 11 is 0. The molecular formula is C12H20N2O4S. The molecule has 19 heavy (non-hydrogen) atoms. The number of amides is 2. The van der Waals surface area contributed by atoms with Crippen molar-refractivity contribution in [3.05, 3.63) is 12.2 Å². The van der Waals surface area contributed by atoms with Gasteiger partial charge in [-0.25, -0.2) is 8.42 Å². The number of carbonyl (C=O) groups is 2. The van der Waals surface area contributed by atoms with Crippen molar-refractivity contribution in [3.63, 3.8) is 0 Å². The molecule has 0 bridgehead atoms. The Balaban J connectivity index is 2.58. The van der Waals surface area contributed by atoms with E-state index in [1.165, 1.54) is 13.1 Å². The van der Waals surface area contributed by atoms with Gasteiger partial charge in [0.15, 0.2) is 9.84 Å². The normalized spacial score (nSPS) is 17.7. The van der Waals surface area contributed by atoms with Crippen molar-refractivity contribution in [2.24, 2.45) is 0 Å². The van der Waals surface area contributed by atoms with Crippen molar-refractivity contribution in [2.75, 3.05) is 25.9 Å². The third-order valence-corrected chi connectivity index (χ3v) is 5.33. The molecule has 1 aliphatic heterocycles. The molecule has 1 N–H and O–H groups in total. The number of allylic oxidation sites excluding steroid dienone is 1. The summed E-state index contributed by atoms with van der Waals surface area (Å²) < 4.78 is 24.0. The molecule has 0 aliphatic carbocycles. The van der Waals surface area contributed by atoms with Crippen LogP contribution in [-0.2, 0) is 19.4 Å². The van der Waals surface area contributed by atoms with Crippen molar-refractivity contribution in [3.8, 4) is 0 Å². The van der Waals surface area contributed by atoms with E-state index in [0.717, 1.165) is 0 Å². The highest BCUT2D eigenvalue weighted by molar-refractivity contribution is 7.92. The second-order valence-electron chi connectivity index (χ2n) is 4.51. The summed E-state index contributed by atoms with van der Waals surface area (Å²) in [5.41, 5.74) is 0. The van der Waals surface area contributed by atoms with E-state index in [9.17, 15) is 18.0 Å². The summed E-state index contributed by atoms with van der Waals surface area (Å²) in [7, 11) is -2.01. The van der Waals surface area contributed by atoms with Crippen LogP contribution < -0.4 is 5.32 Å². The van der Waals surface area contributed by atoms with Gasteiger partial charge in [-0.1, -0.05) is 6.08 Å². The van der Waals surface area contributed by atoms with E-state index in [1.807, 2.05) is 0 Å². The van der Waals surface area contributed by atoms with Gasteiger partial charge in [-0.15, -0.1) is 0 Å². The van der Waals surface area contributed by atoms with Crippen LogP contribution in [0.3, 0.4) is 0 Å². The van der Waals surface area contributed by atoms with Gasteiger partial charge in [-0.05, 0) is 25.8 Å². The minimum Gasteiger partial charge on any atom is -0.358 e. The van der Waals surface area contributed by atoms with Gasteiger partial charge in [0, 0.05) is 20.1 Å². The fraction of sp³-hybridized carbons (Fsp3) is 0.667. The van der Waals surface area contributed by atoms with E-state index in [1.54, 1.807) is 17.9 Å². The second kappa shape index (κ2) is 6.70. The molecule has 6 nitrogen and oxygen atoms in total. The molecular weight excluding hydrogens is 268 g/mol. The standard InChI is InChI=1S/C12H20N2O4S/c1-3-4-12(16)14-7-5-10(6-8-14)19(17,18)9-11(15)13-2/h3-4,10H,5-9H2,1-2H3,(H,13,15)/b4-3+. The van der Waals surface area contributed by atoms with Gasteiger partial charge in [0.2, 0.25) is 11.8 Å². The zero-order valence-corrected chi connectivity index (χ0v) is 12.1. The van der Waals surface area contributed by atoms with Gasteiger partial charge in [-0.3, -0.25) is 9.59 Å². The maximum atomic E-state index is 12.0. The third-order valence-electron chi connectivity index (χ3n) is 3.18. The van der Waals surface area contributed by atoms with E-state index in [2.05, 4.69) is 5.32 Å². The van der Waals surface area contributed by atoms with Gasteiger partial charge in [0.25, 0.3) is 0 Å². The average Bonchev–Trinajstić information content (AvgIpc) is 2.38. The number of hydrogen-bond donors (Lipinski definition) is 1. The molecule has 1 rings (SSSR count). The van der Waals surface area contributed by atoms with E-state index >= 15 is 0 Å². The number of likely N-dealkylation sites (tertiary alicyclic amines) is 1. The molecule has 0 aromatic rings. The van der Waals surface area contributed by atoms with Crippen LogP contribution in [0.15, 0.2) is 12.2 Å². The molecule has 108 valence electrons. The maximum absolute atomic E-state index is 12.0. The van der Waals surface area contributed by atoms with Gasteiger partial charge in [0.1, 0.15) is 5.75 Å². The summed E-state index contributed by atoms with van der Waals surface area (Å²) in [4.78, 5) is 24.4. The van der Waals surface area contributed by atoms with Crippen LogP contribution in [0, 0.1) is 0 Å². The number of carbonyl (C=O) groups excluding carboxylic acids is 2. The lowest BCUT2D eigenvalue weighted by Gasteiger charge is -2.30. The highest BCUT2D eigenvalue weighted by Crippen LogP contribution is 2.18. The Hall–Kier alpha value is -1.37. The highest BCUT2D eigenvalue weighted by Gasteiger charge is 2.32. The number of piperidine rings is 1. The Labute approximate surface area is 113 Å². The molecule has 0 unspecified atom stereocenters. The number of sulfone groups is 1. The zero-order chi connectivity index (χ0) is 14.5. The molecule has 1 saturated heterocycles. The highest BCUT2D eigenvalue weighted by atomic mass is 32.2. The van der Waals surface area contributed by atoms with Crippen LogP contribution in [0.4, 0.5) is 0 Å². The van der Waals surface area contributed by atoms with Gasteiger partial charge in [-0.2, -0.15) is 0 Å². The number of nitrogens with zero attached hydrogens (tertiary/aromatic N) is 1. The monoisotopic (exact) mass is 288 g/mol. The predicted octanol–water partition coefficient (Wildman–Crippen LogP) is -0.286. The lowest BCUT2D eigenvalue weighted by Crippen LogP contribution is -2.43. The molecule has 2 amide bonds. The van der Waals surface area contributed by atoms with Crippen molar-refractivity contribution in [1.82, 2.24) is 10.2 Å². The Bertz CT molecular complexity index is 462. The average molecular weight is 288 g/mol. The lowest BCUT2D eigenvalue weighted by atomic mass is 10.1. The van der Waals surface area contributed by atoms with Gasteiger partial charge < -0.3 is 10.2 Å². The van der Waals surface area contributed by atoms with Crippen LogP contribution in [0.2, 0.25) is 0 Å². The Morgan fingerprint density at radius 1 is 1.32 bits per heavy atom. The van der Waals surface area contributed by atoms with E-state index in [4.69, 9.17) is 0 Å². The Kier molecular flexibility index (Phi) is 5.53. The molecule has 0 spiro atoms. The predicted molar refractivity (Wildman–Crippen MR) is 72.3 cm³/mol. The summed E-state index contributed by atoms with van der Waals surface area (Å²) in [6.45, 7) is 2.60. The number of nitrogens with one attached hydrogen (secondary N) is 1. The number of hydrogen-bond acceptors (Lipinski definition) is 4. The topological polar surface area (TPSA) is 83.6 Å². The quantitative estimate of drug-likeness (QED) is 0.721. The molecule has 1 fully saturated rings. The first-order valence-corrected chi connectivity index (χ1v) is 7.96. The first kappa shape index (κ1) is 15.7. The molecule has 0 aromatic carbocycles. The van der Waals surface area contributed by atoms with E-state index in [-0.39, 0.29) is 5.91 Å². The van der Waals surface area contributed by atoms with Crippen molar-refractivity contribution in [2.45, 2.75) is 25.0 Å². The fourth-order valence-corrected chi connectivity index (χ4v) is 3.73. The zero-order valence-electron chi connectivity index (χ0n) is 11.3. The fourth-order valence-electron chi connectivity index (χ4n) is 2.06. The Morgan fingerprint density at radius 3 is 2.37 bits per heavy atom. The summed E-state index contributed by atoms with van der Waals surface area (Å²) in [5.74, 6) is -1.06. The van der Waals surface area contributed by atoms with Crippen molar-refractivity contribution >= 4 is 21.7 Å². The van der Waals surface area contributed by atoms with Gasteiger partial charge in [0.05, 0.1) is 5.25 Å². The minimum atomic E-state index is -3.42. The molecule has 1 aliphatic rings. The van der Waals surface area contributed by atoms with E-state index < -0.39 is 26.7 Å². The molecule has 0 atom stereocenters. The van der Waals surface area contributed by atoms with Crippen molar-refractivity contribution < 1.29 is 18.0 Å². The third kappa shape index (κ3) is 4.34. The second-order valence-corrected chi connectivity index (χ2v) is 6.79. The van der Waals surface area contributed by atoms with Crippen LogP contribution >= 0.6 is 0 Å². The van der Waals surface area contributed by atoms with Gasteiger partial charge >= 0.3 is 0 Å². The molecule has 0 saturated carbocycles. The summed E-state index contributed by atoms with van der Waals surface area (Å²) in [5, 5.41) is 1.78. The maximum Gasteiger partial charge on any atom is 0.246 e. The summed E-state index contributed by atoms with van der Waals surface area (Å²) in [6.07, 6.45) is 3.92. The molecule has 0 aromatic heterocycles. The Morgan fingerprint density at radius 2 is 1.89 bits per heavy atom. The van der Waals surface area contributed by atoms with Crippen LogP contribution in [0.5, 0.6) is 0 Å². The smallest absolute Gasteiger partial charge is 0.246 e. The first-order valence-electron chi connectivity index (χ1n) is 6.24. The lowest BCUT2D eigenvalue weighted by molar-refractivity contribution is -0.126. The molecule has 7 heteroatoms. The minimum absolute atomic E-state index is 0.0929. The molecule has 0 radical (unpaired) electrons. The first-order chi connectivity index (χ1) is 8.90.